The highest BCUT2D eigenvalue weighted by Gasteiger charge is 2.21. The minimum Gasteiger partial charge on any atom is -0.455 e. The number of hydrogen-bond donors (Lipinski definition) is 0. The van der Waals surface area contributed by atoms with Crippen LogP contribution < -0.4 is 0 Å². The van der Waals surface area contributed by atoms with E-state index in [0.29, 0.717) is 17.5 Å². The van der Waals surface area contributed by atoms with Gasteiger partial charge in [0.05, 0.1) is 0 Å². The number of furan rings is 1. The summed E-state index contributed by atoms with van der Waals surface area (Å²) in [4.78, 5) is 14.9. The molecule has 0 N–H and O–H groups in total. The van der Waals surface area contributed by atoms with Gasteiger partial charge in [0, 0.05) is 32.8 Å². The third-order valence-electron chi connectivity index (χ3n) is 9.48. The largest absolute Gasteiger partial charge is 0.455 e. The lowest BCUT2D eigenvalue weighted by Crippen LogP contribution is -2.00. The predicted octanol–water partition coefficient (Wildman–Crippen LogP) is 11.9. The van der Waals surface area contributed by atoms with Crippen molar-refractivity contribution in [2.24, 2.45) is 0 Å². The number of rotatable bonds is 4. The quantitative estimate of drug-likeness (QED) is 0.183. The van der Waals surface area contributed by atoms with Crippen LogP contribution in [0.25, 0.3) is 99.5 Å². The monoisotopic (exact) mass is 625 g/mol. The number of benzene rings is 8. The van der Waals surface area contributed by atoms with Crippen molar-refractivity contribution in [2.45, 2.75) is 0 Å². The van der Waals surface area contributed by atoms with Gasteiger partial charge in [0.15, 0.2) is 17.5 Å². The topological polar surface area (TPSA) is 51.8 Å². The van der Waals surface area contributed by atoms with Crippen LogP contribution >= 0.6 is 0 Å². The Kier molecular flexibility index (Phi) is 6.15. The van der Waals surface area contributed by atoms with Crippen LogP contribution in [0.15, 0.2) is 168 Å². The van der Waals surface area contributed by atoms with Gasteiger partial charge in [-0.15, -0.1) is 0 Å². The maximum absolute atomic E-state index is 6.80. The maximum Gasteiger partial charge on any atom is 0.164 e. The molecule has 0 atom stereocenters. The molecule has 0 saturated heterocycles. The van der Waals surface area contributed by atoms with Gasteiger partial charge in [-0.3, -0.25) is 0 Å². The molecule has 0 bridgehead atoms. The number of fused-ring (bicyclic) bond motifs is 10. The standard InChI is InChI=1S/C45H27N3O/c1-3-14-28(15-4-1)43-46-44(29-16-5-2-6-17-29)48-45(47-43)31-19-13-18-30(26-31)37-27-38-34-22-8-7-20-32(34)33-21-9-10-23-35(33)40(38)42-41(37)36-24-11-12-25-39(36)49-42/h1-27H. The van der Waals surface area contributed by atoms with E-state index in [1.807, 2.05) is 66.7 Å². The Bertz CT molecular complexity index is 2820. The van der Waals surface area contributed by atoms with Crippen LogP contribution in [0.4, 0.5) is 0 Å². The minimum atomic E-state index is 0.625. The van der Waals surface area contributed by atoms with Gasteiger partial charge in [0.2, 0.25) is 0 Å². The van der Waals surface area contributed by atoms with E-state index in [-0.39, 0.29) is 0 Å². The van der Waals surface area contributed by atoms with Crippen LogP contribution in [0.1, 0.15) is 0 Å². The first-order chi connectivity index (χ1) is 24.3. The van der Waals surface area contributed by atoms with Crippen molar-refractivity contribution >= 4 is 54.3 Å². The fraction of sp³-hybridized carbons (Fsp3) is 0. The smallest absolute Gasteiger partial charge is 0.164 e. The molecule has 4 nitrogen and oxygen atoms in total. The highest BCUT2D eigenvalue weighted by atomic mass is 16.3. The average Bonchev–Trinajstić information content (AvgIpc) is 3.58. The van der Waals surface area contributed by atoms with E-state index in [9.17, 15) is 0 Å². The Morgan fingerprint density at radius 1 is 0.327 bits per heavy atom. The summed E-state index contributed by atoms with van der Waals surface area (Å²) in [5.41, 5.74) is 6.75. The second-order valence-corrected chi connectivity index (χ2v) is 12.4. The first-order valence-electron chi connectivity index (χ1n) is 16.5. The zero-order chi connectivity index (χ0) is 32.3. The lowest BCUT2D eigenvalue weighted by molar-refractivity contribution is 0.673. The van der Waals surface area contributed by atoms with Crippen molar-refractivity contribution in [3.63, 3.8) is 0 Å². The molecule has 8 aromatic carbocycles. The van der Waals surface area contributed by atoms with Gasteiger partial charge in [0.1, 0.15) is 11.2 Å². The normalized spacial score (nSPS) is 11.7. The van der Waals surface area contributed by atoms with E-state index < -0.39 is 0 Å². The molecule has 2 aromatic heterocycles. The van der Waals surface area contributed by atoms with Crippen LogP contribution in [0.5, 0.6) is 0 Å². The van der Waals surface area contributed by atoms with Crippen molar-refractivity contribution in [1.82, 2.24) is 15.0 Å². The summed E-state index contributed by atoms with van der Waals surface area (Å²) in [6.07, 6.45) is 0. The lowest BCUT2D eigenvalue weighted by atomic mass is 9.89. The molecule has 0 aliphatic rings. The highest BCUT2D eigenvalue weighted by Crippen LogP contribution is 2.46. The van der Waals surface area contributed by atoms with E-state index in [2.05, 4.69) is 97.1 Å². The van der Waals surface area contributed by atoms with Crippen molar-refractivity contribution < 1.29 is 4.42 Å². The van der Waals surface area contributed by atoms with Crippen LogP contribution in [-0.4, -0.2) is 15.0 Å². The third kappa shape index (κ3) is 4.42. The summed E-state index contributed by atoms with van der Waals surface area (Å²) in [5, 5.41) is 9.34. The Balaban J connectivity index is 1.27. The molecular weight excluding hydrogens is 599 g/mol. The van der Waals surface area contributed by atoms with Crippen molar-refractivity contribution in [3.05, 3.63) is 164 Å². The number of para-hydroxylation sites is 1. The molecular formula is C45H27N3O. The average molecular weight is 626 g/mol. The predicted molar refractivity (Wildman–Crippen MR) is 201 cm³/mol. The van der Waals surface area contributed by atoms with Gasteiger partial charge in [-0.2, -0.15) is 0 Å². The molecule has 4 heteroatoms. The number of hydrogen-bond acceptors (Lipinski definition) is 4. The molecule has 0 aliphatic heterocycles. The summed E-state index contributed by atoms with van der Waals surface area (Å²) in [7, 11) is 0. The molecule has 2 heterocycles. The molecule has 0 spiro atoms. The Morgan fingerprint density at radius 3 is 1.45 bits per heavy atom. The van der Waals surface area contributed by atoms with E-state index in [1.54, 1.807) is 0 Å². The molecule has 0 fully saturated rings. The summed E-state index contributed by atoms with van der Waals surface area (Å²) >= 11 is 0. The summed E-state index contributed by atoms with van der Waals surface area (Å²) in [6.45, 7) is 0. The van der Waals surface area contributed by atoms with Gasteiger partial charge < -0.3 is 4.42 Å². The molecule has 0 unspecified atom stereocenters. The Morgan fingerprint density at radius 2 is 0.796 bits per heavy atom. The highest BCUT2D eigenvalue weighted by molar-refractivity contribution is 6.34. The summed E-state index contributed by atoms with van der Waals surface area (Å²) in [6, 6.07) is 56.8. The molecule has 0 aliphatic carbocycles. The fourth-order valence-corrected chi connectivity index (χ4v) is 7.26. The summed E-state index contributed by atoms with van der Waals surface area (Å²) < 4.78 is 6.80. The zero-order valence-corrected chi connectivity index (χ0v) is 26.3. The number of aromatic nitrogens is 3. The maximum atomic E-state index is 6.80. The van der Waals surface area contributed by atoms with E-state index in [0.717, 1.165) is 55.1 Å². The van der Waals surface area contributed by atoms with Gasteiger partial charge in [-0.05, 0) is 56.3 Å². The number of nitrogens with zero attached hydrogens (tertiary/aromatic N) is 3. The fourth-order valence-electron chi connectivity index (χ4n) is 7.26. The second kappa shape index (κ2) is 11.0. The molecule has 228 valence electrons. The van der Waals surface area contributed by atoms with Crippen LogP contribution in [0, 0.1) is 0 Å². The second-order valence-electron chi connectivity index (χ2n) is 12.4. The van der Waals surface area contributed by atoms with Crippen molar-refractivity contribution in [2.75, 3.05) is 0 Å². The van der Waals surface area contributed by atoms with Crippen molar-refractivity contribution in [3.8, 4) is 45.3 Å². The molecule has 0 amide bonds. The molecule has 0 saturated carbocycles. The Labute approximate surface area is 282 Å². The molecule has 10 aromatic rings. The molecule has 10 rings (SSSR count). The molecule has 49 heavy (non-hydrogen) atoms. The van der Waals surface area contributed by atoms with E-state index in [1.165, 1.54) is 26.9 Å². The van der Waals surface area contributed by atoms with E-state index >= 15 is 0 Å². The third-order valence-corrected chi connectivity index (χ3v) is 9.48. The van der Waals surface area contributed by atoms with Gasteiger partial charge in [-0.1, -0.05) is 146 Å². The van der Waals surface area contributed by atoms with Gasteiger partial charge in [-0.25, -0.2) is 15.0 Å². The first-order valence-corrected chi connectivity index (χ1v) is 16.5. The van der Waals surface area contributed by atoms with Crippen molar-refractivity contribution in [1.29, 1.82) is 0 Å². The SMILES string of the molecule is c1ccc(-c2nc(-c3ccccc3)nc(-c3cccc(-c4cc5c6ccccc6c6ccccc6c5c5oc6ccccc6c45)c3)n2)cc1. The van der Waals surface area contributed by atoms with Crippen LogP contribution in [0.2, 0.25) is 0 Å². The minimum absolute atomic E-state index is 0.625. The van der Waals surface area contributed by atoms with Gasteiger partial charge >= 0.3 is 0 Å². The van der Waals surface area contributed by atoms with Gasteiger partial charge in [0.25, 0.3) is 0 Å². The van der Waals surface area contributed by atoms with Crippen LogP contribution in [0.3, 0.4) is 0 Å². The summed E-state index contributed by atoms with van der Waals surface area (Å²) in [5.74, 6) is 1.91. The zero-order valence-electron chi connectivity index (χ0n) is 26.3. The Hall–Kier alpha value is -6.65. The lowest BCUT2D eigenvalue weighted by Gasteiger charge is -2.14. The first kappa shape index (κ1) is 27.5. The van der Waals surface area contributed by atoms with E-state index in [4.69, 9.17) is 19.4 Å². The van der Waals surface area contributed by atoms with Crippen LogP contribution in [-0.2, 0) is 0 Å². The molecule has 0 radical (unpaired) electrons.